The highest BCUT2D eigenvalue weighted by Gasteiger charge is 2.39. The molecule has 1 saturated carbocycles. The molecule has 4 heteroatoms. The Morgan fingerprint density at radius 2 is 2.12 bits per heavy atom. The summed E-state index contributed by atoms with van der Waals surface area (Å²) < 4.78 is 6.15. The van der Waals surface area contributed by atoms with E-state index in [1.165, 1.54) is 30.4 Å². The topological polar surface area (TPSA) is 41.6 Å². The first-order chi connectivity index (χ1) is 11.7. The number of ether oxygens (including phenoxy) is 1. The Hall–Kier alpha value is -1.55. The maximum Gasteiger partial charge on any atom is 0.322 e. The third kappa shape index (κ3) is 3.04. The van der Waals surface area contributed by atoms with E-state index in [0.29, 0.717) is 0 Å². The number of amides is 2. The first-order valence-corrected chi connectivity index (χ1v) is 9.47. The van der Waals surface area contributed by atoms with Crippen molar-refractivity contribution in [3.05, 3.63) is 29.3 Å². The van der Waals surface area contributed by atoms with Crippen LogP contribution in [0, 0.1) is 6.92 Å². The fraction of sp³-hybridized carbons (Fsp3) is 0.650. The molecular weight excluding hydrogens is 300 g/mol. The molecule has 4 nitrogen and oxygen atoms in total. The van der Waals surface area contributed by atoms with Crippen molar-refractivity contribution in [2.24, 2.45) is 0 Å². The van der Waals surface area contributed by atoms with Crippen LogP contribution >= 0.6 is 0 Å². The summed E-state index contributed by atoms with van der Waals surface area (Å²) in [5, 5.41) is 3.30. The number of hydrogen-bond donors (Lipinski definition) is 1. The van der Waals surface area contributed by atoms with Gasteiger partial charge < -0.3 is 10.1 Å². The molecule has 1 unspecified atom stereocenters. The molecule has 2 amide bonds. The smallest absolute Gasteiger partial charge is 0.322 e. The van der Waals surface area contributed by atoms with Crippen LogP contribution in [0.4, 0.5) is 10.5 Å². The molecule has 130 valence electrons. The standard InChI is InChI=1S/C20H28N2O2/c1-15-5-6-16-7-11-22(18(16)13-15)19(23)21-17-8-12-24-20(14-17)9-3-2-4-10-20/h5-6,13,17H,2-4,7-12,14H2,1H3,(H,21,23). The van der Waals surface area contributed by atoms with Gasteiger partial charge in [0.05, 0.1) is 5.60 Å². The second-order valence-corrected chi connectivity index (χ2v) is 7.77. The van der Waals surface area contributed by atoms with Gasteiger partial charge in [-0.25, -0.2) is 4.79 Å². The molecule has 2 fully saturated rings. The molecule has 1 N–H and O–H groups in total. The van der Waals surface area contributed by atoms with Gasteiger partial charge >= 0.3 is 6.03 Å². The summed E-state index contributed by atoms with van der Waals surface area (Å²) in [7, 11) is 0. The van der Waals surface area contributed by atoms with Gasteiger partial charge in [0.2, 0.25) is 0 Å². The lowest BCUT2D eigenvalue weighted by Gasteiger charge is -2.43. The van der Waals surface area contributed by atoms with Crippen LogP contribution in [0.25, 0.3) is 0 Å². The van der Waals surface area contributed by atoms with Crippen molar-refractivity contribution in [2.75, 3.05) is 18.1 Å². The van der Waals surface area contributed by atoms with Crippen LogP contribution in [0.2, 0.25) is 0 Å². The number of fused-ring (bicyclic) bond motifs is 1. The summed E-state index contributed by atoms with van der Waals surface area (Å²) >= 11 is 0. The van der Waals surface area contributed by atoms with Gasteiger partial charge in [-0.05, 0) is 56.2 Å². The summed E-state index contributed by atoms with van der Waals surface area (Å²) in [4.78, 5) is 14.8. The van der Waals surface area contributed by atoms with Crippen LogP contribution in [0.15, 0.2) is 18.2 Å². The van der Waals surface area contributed by atoms with E-state index in [4.69, 9.17) is 4.74 Å². The van der Waals surface area contributed by atoms with E-state index >= 15 is 0 Å². The lowest BCUT2D eigenvalue weighted by Crippen LogP contribution is -2.52. The molecule has 2 aliphatic heterocycles. The summed E-state index contributed by atoms with van der Waals surface area (Å²) in [6, 6.07) is 6.74. The zero-order chi connectivity index (χ0) is 16.6. The van der Waals surface area contributed by atoms with E-state index in [9.17, 15) is 4.79 Å². The lowest BCUT2D eigenvalue weighted by molar-refractivity contribution is -0.107. The lowest BCUT2D eigenvalue weighted by atomic mass is 9.78. The minimum absolute atomic E-state index is 0.0357. The third-order valence-electron chi connectivity index (χ3n) is 5.97. The highest BCUT2D eigenvalue weighted by Crippen LogP contribution is 2.38. The number of carbonyl (C=O) groups is 1. The molecule has 0 aromatic heterocycles. The quantitative estimate of drug-likeness (QED) is 0.848. The van der Waals surface area contributed by atoms with Gasteiger partial charge in [-0.3, -0.25) is 4.90 Å². The molecule has 24 heavy (non-hydrogen) atoms. The third-order valence-corrected chi connectivity index (χ3v) is 5.97. The molecule has 1 spiro atoms. The van der Waals surface area contributed by atoms with E-state index in [1.54, 1.807) is 0 Å². The van der Waals surface area contributed by atoms with E-state index < -0.39 is 0 Å². The monoisotopic (exact) mass is 328 g/mol. The number of anilines is 1. The van der Waals surface area contributed by atoms with Gasteiger partial charge in [-0.15, -0.1) is 0 Å². The minimum atomic E-state index is 0.0357. The Balaban J connectivity index is 1.42. The number of nitrogens with zero attached hydrogens (tertiary/aromatic N) is 1. The SMILES string of the molecule is Cc1ccc2c(c1)N(C(=O)NC1CCOC3(CCCCC3)C1)CC2. The van der Waals surface area contributed by atoms with Gasteiger partial charge in [0.1, 0.15) is 0 Å². The van der Waals surface area contributed by atoms with Crippen LogP contribution in [-0.2, 0) is 11.2 Å². The highest BCUT2D eigenvalue weighted by molar-refractivity contribution is 5.94. The molecule has 2 heterocycles. The minimum Gasteiger partial charge on any atom is -0.375 e. The average Bonchev–Trinajstić information content (AvgIpc) is 2.98. The fourth-order valence-electron chi connectivity index (χ4n) is 4.65. The maximum absolute atomic E-state index is 12.8. The van der Waals surface area contributed by atoms with Crippen LogP contribution in [-0.4, -0.2) is 30.8 Å². The fourth-order valence-corrected chi connectivity index (χ4v) is 4.65. The predicted molar refractivity (Wildman–Crippen MR) is 95.6 cm³/mol. The average molecular weight is 328 g/mol. The van der Waals surface area contributed by atoms with Gasteiger partial charge in [0.25, 0.3) is 0 Å². The van der Waals surface area contributed by atoms with Gasteiger partial charge in [0.15, 0.2) is 0 Å². The maximum atomic E-state index is 12.8. The molecule has 3 aliphatic rings. The first-order valence-electron chi connectivity index (χ1n) is 9.47. The van der Waals surface area contributed by atoms with Crippen molar-refractivity contribution in [3.63, 3.8) is 0 Å². The number of hydrogen-bond acceptors (Lipinski definition) is 2. The molecule has 1 atom stereocenters. The Morgan fingerprint density at radius 3 is 2.96 bits per heavy atom. The first kappa shape index (κ1) is 15.9. The zero-order valence-corrected chi connectivity index (χ0v) is 14.6. The molecule has 1 saturated heterocycles. The summed E-state index contributed by atoms with van der Waals surface area (Å²) in [6.45, 7) is 3.65. The number of urea groups is 1. The Morgan fingerprint density at radius 1 is 1.29 bits per heavy atom. The van der Waals surface area contributed by atoms with Crippen molar-refractivity contribution >= 4 is 11.7 Å². The summed E-state index contributed by atoms with van der Waals surface area (Å²) in [5.41, 5.74) is 3.62. The second kappa shape index (κ2) is 6.40. The molecule has 1 aliphatic carbocycles. The van der Waals surface area contributed by atoms with Crippen LogP contribution < -0.4 is 10.2 Å². The van der Waals surface area contributed by atoms with Gasteiger partial charge in [-0.2, -0.15) is 0 Å². The van der Waals surface area contributed by atoms with Gasteiger partial charge in [-0.1, -0.05) is 31.4 Å². The molecular formula is C20H28N2O2. The molecule has 1 aromatic rings. The molecule has 0 bridgehead atoms. The number of carbonyl (C=O) groups excluding carboxylic acids is 1. The van der Waals surface area contributed by atoms with E-state index in [-0.39, 0.29) is 17.7 Å². The Labute approximate surface area is 144 Å². The molecule has 1 aromatic carbocycles. The zero-order valence-electron chi connectivity index (χ0n) is 14.6. The summed E-state index contributed by atoms with van der Waals surface area (Å²) in [6.07, 6.45) is 9.04. The van der Waals surface area contributed by atoms with Crippen molar-refractivity contribution in [1.29, 1.82) is 0 Å². The largest absolute Gasteiger partial charge is 0.375 e. The molecule has 4 rings (SSSR count). The summed E-state index contributed by atoms with van der Waals surface area (Å²) in [5.74, 6) is 0. The van der Waals surface area contributed by atoms with E-state index in [0.717, 1.165) is 50.9 Å². The Bertz CT molecular complexity index is 617. The highest BCUT2D eigenvalue weighted by atomic mass is 16.5. The van der Waals surface area contributed by atoms with Crippen molar-refractivity contribution < 1.29 is 9.53 Å². The number of nitrogens with one attached hydrogen (secondary N) is 1. The number of benzene rings is 1. The second-order valence-electron chi connectivity index (χ2n) is 7.77. The van der Waals surface area contributed by atoms with Crippen molar-refractivity contribution in [3.8, 4) is 0 Å². The van der Waals surface area contributed by atoms with Crippen molar-refractivity contribution in [1.82, 2.24) is 5.32 Å². The number of aryl methyl sites for hydroxylation is 1. The normalized spacial score (nSPS) is 25.5. The van der Waals surface area contributed by atoms with Crippen LogP contribution in [0.3, 0.4) is 0 Å². The number of rotatable bonds is 1. The molecule has 0 radical (unpaired) electrons. The van der Waals surface area contributed by atoms with E-state index in [2.05, 4.69) is 30.4 Å². The van der Waals surface area contributed by atoms with E-state index in [1.807, 2.05) is 4.90 Å². The van der Waals surface area contributed by atoms with Crippen LogP contribution in [0.1, 0.15) is 56.1 Å². The predicted octanol–water partition coefficient (Wildman–Crippen LogP) is 3.95. The van der Waals surface area contributed by atoms with Crippen LogP contribution in [0.5, 0.6) is 0 Å². The van der Waals surface area contributed by atoms with Crippen molar-refractivity contribution in [2.45, 2.75) is 69.9 Å². The van der Waals surface area contributed by atoms with Gasteiger partial charge in [0, 0.05) is 24.9 Å². The Kier molecular flexibility index (Phi) is 4.25.